The highest BCUT2D eigenvalue weighted by Gasteiger charge is 2.44. The van der Waals surface area contributed by atoms with Gasteiger partial charge in [-0.25, -0.2) is 17.9 Å². The first kappa shape index (κ1) is 27.4. The van der Waals surface area contributed by atoms with Gasteiger partial charge in [0.2, 0.25) is 0 Å². The quantitative estimate of drug-likeness (QED) is 0.467. The topological polar surface area (TPSA) is 97.0 Å². The van der Waals surface area contributed by atoms with E-state index >= 15 is 0 Å². The molecule has 0 saturated heterocycles. The third-order valence-electron chi connectivity index (χ3n) is 9.09. The Balaban J connectivity index is 1.43. The fourth-order valence-corrected chi connectivity index (χ4v) is 8.05. The molecule has 2 heterocycles. The summed E-state index contributed by atoms with van der Waals surface area (Å²) in [5, 5.41) is 3.37. The molecule has 2 amide bonds. The Kier molecular flexibility index (Phi) is 7.48. The standard InChI is InChI=1S/C30H36ClN3O5S/c1-38-27-6-2-3-14-32-29(35)33-40(36,37)23-9-12-28-26(16-23)34(17-21-7-10-24(21)27)18-30(19-39-28)13-4-5-20-15-22(31)8-11-25(20)30/h2,6,8-9,11-12,15-16,21,24,27H,3-5,7,10,13-14,17-19H2,1H3,(H2,32,33,35)/t21-,24+,27+,30-/m0/s1. The Morgan fingerprint density at radius 3 is 2.85 bits per heavy atom. The fourth-order valence-electron chi connectivity index (χ4n) is 6.91. The molecular weight excluding hydrogens is 550 g/mol. The number of halogens is 1. The van der Waals surface area contributed by atoms with Crippen LogP contribution in [-0.4, -0.2) is 53.9 Å². The van der Waals surface area contributed by atoms with E-state index in [2.05, 4.69) is 33.1 Å². The van der Waals surface area contributed by atoms with Crippen LogP contribution in [0, 0.1) is 11.8 Å². The molecule has 2 N–H and O–H groups in total. The van der Waals surface area contributed by atoms with Crippen molar-refractivity contribution in [2.75, 3.05) is 38.3 Å². The van der Waals surface area contributed by atoms with Crippen LogP contribution in [0.5, 0.6) is 5.75 Å². The molecule has 10 heteroatoms. The molecule has 2 bridgehead atoms. The number of rotatable bonds is 1. The van der Waals surface area contributed by atoms with E-state index in [1.54, 1.807) is 19.2 Å². The van der Waals surface area contributed by atoms with Gasteiger partial charge in [-0.15, -0.1) is 0 Å². The van der Waals surface area contributed by atoms with Crippen LogP contribution in [-0.2, 0) is 26.6 Å². The van der Waals surface area contributed by atoms with Crippen LogP contribution in [0.3, 0.4) is 0 Å². The minimum absolute atomic E-state index is 0.0126. The number of benzene rings is 2. The second kappa shape index (κ2) is 10.9. The van der Waals surface area contributed by atoms with Gasteiger partial charge in [-0.2, -0.15) is 0 Å². The maximum absolute atomic E-state index is 13.2. The first-order valence-electron chi connectivity index (χ1n) is 14.1. The summed E-state index contributed by atoms with van der Waals surface area (Å²) in [5.74, 6) is 1.40. The zero-order valence-electron chi connectivity index (χ0n) is 22.7. The zero-order valence-corrected chi connectivity index (χ0v) is 24.3. The van der Waals surface area contributed by atoms with E-state index in [1.165, 1.54) is 17.2 Å². The number of amides is 2. The number of nitrogens with zero attached hydrogens (tertiary/aromatic N) is 1. The summed E-state index contributed by atoms with van der Waals surface area (Å²) in [7, 11) is -2.33. The van der Waals surface area contributed by atoms with E-state index in [4.69, 9.17) is 21.1 Å². The Bertz CT molecular complexity index is 1430. The number of methoxy groups -OCH3 is 1. The number of hydrogen-bond acceptors (Lipinski definition) is 6. The van der Waals surface area contributed by atoms with E-state index < -0.39 is 16.1 Å². The number of nitrogens with one attached hydrogen (secondary N) is 2. The molecule has 6 rings (SSSR count). The van der Waals surface area contributed by atoms with E-state index in [1.807, 2.05) is 12.1 Å². The molecule has 0 radical (unpaired) electrons. The number of urea groups is 1. The SMILES string of the molecule is CO[C@@H]1C=CCCNC(=O)NS(=O)(=O)c2ccc3c(c2)N(C[C@@H]2CC[C@H]21)C[C@@]1(CCCc2cc(Cl)ccc21)CO3. The summed E-state index contributed by atoms with van der Waals surface area (Å²) in [6.45, 7) is 2.28. The first-order valence-corrected chi connectivity index (χ1v) is 15.9. The van der Waals surface area contributed by atoms with Crippen LogP contribution < -0.4 is 19.7 Å². The Labute approximate surface area is 241 Å². The highest BCUT2D eigenvalue weighted by atomic mass is 35.5. The van der Waals surface area contributed by atoms with E-state index in [0.29, 0.717) is 43.7 Å². The molecule has 40 heavy (non-hydrogen) atoms. The van der Waals surface area contributed by atoms with Gasteiger partial charge in [0, 0.05) is 37.2 Å². The van der Waals surface area contributed by atoms with Crippen LogP contribution in [0.1, 0.15) is 43.2 Å². The third kappa shape index (κ3) is 5.19. The van der Waals surface area contributed by atoms with Crippen LogP contribution in [0.25, 0.3) is 0 Å². The molecule has 8 nitrogen and oxygen atoms in total. The first-order chi connectivity index (χ1) is 19.3. The van der Waals surface area contributed by atoms with Gasteiger partial charge in [-0.3, -0.25) is 0 Å². The summed E-state index contributed by atoms with van der Waals surface area (Å²) in [6, 6.07) is 10.3. The van der Waals surface area contributed by atoms with E-state index in [9.17, 15) is 13.2 Å². The third-order valence-corrected chi connectivity index (χ3v) is 10.7. The second-order valence-electron chi connectivity index (χ2n) is 11.5. The van der Waals surface area contributed by atoms with Crippen molar-refractivity contribution in [2.24, 2.45) is 11.8 Å². The lowest BCUT2D eigenvalue weighted by molar-refractivity contribution is 0.0132. The van der Waals surface area contributed by atoms with Gasteiger partial charge in [0.1, 0.15) is 5.75 Å². The Morgan fingerprint density at radius 1 is 1.18 bits per heavy atom. The number of sulfonamides is 1. The molecule has 214 valence electrons. The largest absolute Gasteiger partial charge is 0.490 e. The highest BCUT2D eigenvalue weighted by molar-refractivity contribution is 7.90. The average molecular weight is 586 g/mol. The zero-order chi connectivity index (χ0) is 27.9. The number of fused-ring (bicyclic) bond motifs is 4. The van der Waals surface area contributed by atoms with Gasteiger partial charge in [-0.05, 0) is 91.8 Å². The minimum Gasteiger partial charge on any atom is -0.490 e. The number of anilines is 1. The van der Waals surface area contributed by atoms with Gasteiger partial charge >= 0.3 is 6.03 Å². The van der Waals surface area contributed by atoms with Gasteiger partial charge in [-0.1, -0.05) is 29.8 Å². The number of ether oxygens (including phenoxy) is 2. The predicted molar refractivity (Wildman–Crippen MR) is 155 cm³/mol. The van der Waals surface area contributed by atoms with Crippen molar-refractivity contribution in [3.8, 4) is 5.75 Å². The molecule has 2 aromatic rings. The molecule has 1 fully saturated rings. The maximum atomic E-state index is 13.2. The molecule has 1 saturated carbocycles. The van der Waals surface area contributed by atoms with Crippen molar-refractivity contribution in [2.45, 2.75) is 54.9 Å². The van der Waals surface area contributed by atoms with Crippen LogP contribution in [0.2, 0.25) is 5.02 Å². The van der Waals surface area contributed by atoms with Gasteiger partial charge < -0.3 is 19.7 Å². The maximum Gasteiger partial charge on any atom is 0.328 e. The van der Waals surface area contributed by atoms with Gasteiger partial charge in [0.15, 0.2) is 0 Å². The molecule has 1 spiro atoms. The average Bonchev–Trinajstić information content (AvgIpc) is 3.06. The lowest BCUT2D eigenvalue weighted by Gasteiger charge is -2.46. The van der Waals surface area contributed by atoms with Crippen LogP contribution >= 0.6 is 11.6 Å². The van der Waals surface area contributed by atoms with Crippen LogP contribution in [0.4, 0.5) is 10.5 Å². The van der Waals surface area contributed by atoms with E-state index in [0.717, 1.165) is 49.4 Å². The normalized spacial score (nSPS) is 29.6. The van der Waals surface area contributed by atoms with E-state index in [-0.39, 0.29) is 16.4 Å². The molecular formula is C30H36ClN3O5S. The smallest absolute Gasteiger partial charge is 0.328 e. The summed E-state index contributed by atoms with van der Waals surface area (Å²) in [4.78, 5) is 14.8. The summed E-state index contributed by atoms with van der Waals surface area (Å²) >= 11 is 6.38. The molecule has 0 unspecified atom stereocenters. The van der Waals surface area contributed by atoms with Crippen molar-refractivity contribution >= 4 is 33.3 Å². The predicted octanol–water partition coefficient (Wildman–Crippen LogP) is 4.80. The monoisotopic (exact) mass is 585 g/mol. The number of hydrogen-bond donors (Lipinski definition) is 2. The lowest BCUT2D eigenvalue weighted by Crippen LogP contribution is -2.49. The van der Waals surface area contributed by atoms with Crippen molar-refractivity contribution in [3.05, 3.63) is 64.7 Å². The molecule has 4 aliphatic rings. The number of carbonyl (C=O) groups excluding carboxylic acids is 1. The van der Waals surface area contributed by atoms with Crippen molar-refractivity contribution in [1.29, 1.82) is 0 Å². The molecule has 2 aromatic carbocycles. The van der Waals surface area contributed by atoms with Crippen molar-refractivity contribution in [3.63, 3.8) is 0 Å². The molecule has 2 aliphatic carbocycles. The van der Waals surface area contributed by atoms with Gasteiger partial charge in [0.25, 0.3) is 10.0 Å². The van der Waals surface area contributed by atoms with Crippen LogP contribution in [0.15, 0.2) is 53.4 Å². The summed E-state index contributed by atoms with van der Waals surface area (Å²) < 4.78 is 41.0. The van der Waals surface area contributed by atoms with Crippen molar-refractivity contribution in [1.82, 2.24) is 10.0 Å². The molecule has 4 atom stereocenters. The molecule has 2 aliphatic heterocycles. The summed E-state index contributed by atoms with van der Waals surface area (Å²) in [6.07, 6.45) is 9.79. The molecule has 0 aromatic heterocycles. The fraction of sp³-hybridized carbons (Fsp3) is 0.500. The minimum atomic E-state index is -4.08. The summed E-state index contributed by atoms with van der Waals surface area (Å²) in [5.41, 5.74) is 3.00. The van der Waals surface area contributed by atoms with Gasteiger partial charge in [0.05, 0.1) is 23.3 Å². The Hall–Kier alpha value is -2.75. The van der Waals surface area contributed by atoms with Crippen molar-refractivity contribution < 1.29 is 22.7 Å². The lowest BCUT2D eigenvalue weighted by atomic mass is 9.68. The Morgan fingerprint density at radius 2 is 2.05 bits per heavy atom. The second-order valence-corrected chi connectivity index (χ2v) is 13.6. The number of carbonyl (C=O) groups is 1. The highest BCUT2D eigenvalue weighted by Crippen LogP contribution is 2.47. The number of aryl methyl sites for hydroxylation is 1.